The SMILES string of the molecule is CCN(Br)c1[c]cccc1N(Br)CC. The van der Waals surface area contributed by atoms with E-state index >= 15 is 0 Å². The van der Waals surface area contributed by atoms with Gasteiger partial charge in [0.15, 0.2) is 0 Å². The molecule has 1 radical (unpaired) electrons. The van der Waals surface area contributed by atoms with Crippen molar-refractivity contribution in [3.63, 3.8) is 0 Å². The molecule has 2 nitrogen and oxygen atoms in total. The first-order valence-electron chi connectivity index (χ1n) is 4.58. The Labute approximate surface area is 103 Å². The zero-order valence-corrected chi connectivity index (χ0v) is 11.5. The van der Waals surface area contributed by atoms with Crippen molar-refractivity contribution in [2.45, 2.75) is 13.8 Å². The lowest BCUT2D eigenvalue weighted by molar-refractivity contribution is 1.09. The Kier molecular flexibility index (Phi) is 4.75. The normalized spacial score (nSPS) is 10.0. The maximum Gasteiger partial charge on any atom is 0.0791 e. The van der Waals surface area contributed by atoms with Gasteiger partial charge in [0.2, 0.25) is 0 Å². The third-order valence-corrected chi connectivity index (χ3v) is 3.61. The van der Waals surface area contributed by atoms with Crippen LogP contribution in [-0.2, 0) is 0 Å². The minimum Gasteiger partial charge on any atom is -0.307 e. The van der Waals surface area contributed by atoms with E-state index < -0.39 is 0 Å². The number of halogens is 2. The van der Waals surface area contributed by atoms with Gasteiger partial charge in [-0.1, -0.05) is 12.1 Å². The second-order valence-electron chi connectivity index (χ2n) is 2.76. The van der Waals surface area contributed by atoms with Crippen LogP contribution in [0.4, 0.5) is 11.4 Å². The van der Waals surface area contributed by atoms with Crippen molar-refractivity contribution >= 4 is 43.7 Å². The van der Waals surface area contributed by atoms with Gasteiger partial charge in [0.25, 0.3) is 0 Å². The van der Waals surface area contributed by atoms with E-state index in [2.05, 4.69) is 58.3 Å². The molecule has 0 aromatic heterocycles. The lowest BCUT2D eigenvalue weighted by atomic mass is 10.2. The van der Waals surface area contributed by atoms with Crippen molar-refractivity contribution in [2.24, 2.45) is 0 Å². The first-order valence-corrected chi connectivity index (χ1v) is 5.99. The third kappa shape index (κ3) is 2.64. The zero-order chi connectivity index (χ0) is 10.6. The van der Waals surface area contributed by atoms with E-state index in [-0.39, 0.29) is 0 Å². The highest BCUT2D eigenvalue weighted by Gasteiger charge is 2.10. The van der Waals surface area contributed by atoms with Gasteiger partial charge < -0.3 is 7.85 Å². The molecule has 0 bridgehead atoms. The number of rotatable bonds is 4. The number of nitrogens with zero attached hydrogens (tertiary/aromatic N) is 2. The molecule has 1 aromatic carbocycles. The van der Waals surface area contributed by atoms with Gasteiger partial charge in [-0.15, -0.1) is 0 Å². The molecule has 1 aromatic rings. The van der Waals surface area contributed by atoms with Crippen LogP contribution in [0.2, 0.25) is 0 Å². The first-order chi connectivity index (χ1) is 6.70. The molecule has 14 heavy (non-hydrogen) atoms. The van der Waals surface area contributed by atoms with Gasteiger partial charge in [0.1, 0.15) is 0 Å². The molecular weight excluding hydrogens is 308 g/mol. The monoisotopic (exact) mass is 319 g/mol. The molecule has 0 spiro atoms. The Hall–Kier alpha value is -0.220. The van der Waals surface area contributed by atoms with Crippen LogP contribution in [-0.4, -0.2) is 13.1 Å². The maximum atomic E-state index is 3.50. The average Bonchev–Trinajstić information content (AvgIpc) is 2.27. The van der Waals surface area contributed by atoms with E-state index in [0.717, 1.165) is 24.5 Å². The largest absolute Gasteiger partial charge is 0.307 e. The van der Waals surface area contributed by atoms with E-state index in [1.54, 1.807) is 0 Å². The van der Waals surface area contributed by atoms with Crippen molar-refractivity contribution in [3.8, 4) is 0 Å². The van der Waals surface area contributed by atoms with Crippen LogP contribution in [0.25, 0.3) is 0 Å². The molecule has 77 valence electrons. The number of hydrogen-bond acceptors (Lipinski definition) is 2. The summed E-state index contributed by atoms with van der Waals surface area (Å²) in [5.74, 6) is 0. The van der Waals surface area contributed by atoms with E-state index in [1.165, 1.54) is 0 Å². The predicted octanol–water partition coefficient (Wildman–Crippen LogP) is 3.76. The lowest BCUT2D eigenvalue weighted by Gasteiger charge is -2.22. The van der Waals surface area contributed by atoms with E-state index in [4.69, 9.17) is 0 Å². The van der Waals surface area contributed by atoms with Crippen molar-refractivity contribution in [1.29, 1.82) is 0 Å². The van der Waals surface area contributed by atoms with Crippen molar-refractivity contribution in [2.75, 3.05) is 20.9 Å². The molecule has 0 saturated heterocycles. The predicted molar refractivity (Wildman–Crippen MR) is 69.2 cm³/mol. The summed E-state index contributed by atoms with van der Waals surface area (Å²) in [7, 11) is 0. The van der Waals surface area contributed by atoms with Crippen molar-refractivity contribution in [1.82, 2.24) is 0 Å². The highest BCUT2D eigenvalue weighted by atomic mass is 79.9. The maximum absolute atomic E-state index is 3.50. The van der Waals surface area contributed by atoms with Crippen LogP contribution in [0.15, 0.2) is 18.2 Å². The summed E-state index contributed by atoms with van der Waals surface area (Å²) in [6.07, 6.45) is 0. The molecule has 0 aliphatic heterocycles. The van der Waals surface area contributed by atoms with Crippen molar-refractivity contribution in [3.05, 3.63) is 24.3 Å². The summed E-state index contributed by atoms with van der Waals surface area (Å²) in [6.45, 7) is 5.99. The van der Waals surface area contributed by atoms with E-state index in [1.807, 2.05) is 20.0 Å². The van der Waals surface area contributed by atoms with Gasteiger partial charge in [0, 0.05) is 51.5 Å². The fraction of sp³-hybridized carbons (Fsp3) is 0.400. The Morgan fingerprint density at radius 3 is 2.43 bits per heavy atom. The average molecular weight is 321 g/mol. The lowest BCUT2D eigenvalue weighted by Crippen LogP contribution is -2.14. The number of benzene rings is 1. The summed E-state index contributed by atoms with van der Waals surface area (Å²) in [5.41, 5.74) is 2.17. The molecule has 0 aliphatic rings. The summed E-state index contributed by atoms with van der Waals surface area (Å²) >= 11 is 6.99. The minimum absolute atomic E-state index is 0.901. The summed E-state index contributed by atoms with van der Waals surface area (Å²) in [6, 6.07) is 9.18. The fourth-order valence-electron chi connectivity index (χ4n) is 1.14. The molecule has 0 atom stereocenters. The fourth-order valence-corrected chi connectivity index (χ4v) is 1.71. The molecule has 0 saturated carbocycles. The highest BCUT2D eigenvalue weighted by molar-refractivity contribution is 9.10. The molecule has 0 fully saturated rings. The molecule has 1 rings (SSSR count). The van der Waals surface area contributed by atoms with Gasteiger partial charge in [-0.05, 0) is 19.9 Å². The quantitative estimate of drug-likeness (QED) is 0.779. The molecule has 0 unspecified atom stereocenters. The Morgan fingerprint density at radius 2 is 1.86 bits per heavy atom. The van der Waals surface area contributed by atoms with Crippen LogP contribution in [0.5, 0.6) is 0 Å². The van der Waals surface area contributed by atoms with Crippen molar-refractivity contribution < 1.29 is 0 Å². The molecule has 0 heterocycles. The van der Waals surface area contributed by atoms with E-state index in [9.17, 15) is 0 Å². The zero-order valence-electron chi connectivity index (χ0n) is 8.30. The van der Waals surface area contributed by atoms with Crippen LogP contribution in [0.3, 0.4) is 0 Å². The molecule has 4 heteroatoms. The molecule has 0 amide bonds. The van der Waals surface area contributed by atoms with Crippen LogP contribution in [0, 0.1) is 6.07 Å². The number of hydrogen-bond donors (Lipinski definition) is 0. The van der Waals surface area contributed by atoms with Crippen LogP contribution in [0.1, 0.15) is 13.8 Å². The summed E-state index contributed by atoms with van der Waals surface area (Å²) in [5, 5.41) is 0. The highest BCUT2D eigenvalue weighted by Crippen LogP contribution is 2.31. The minimum atomic E-state index is 0.901. The summed E-state index contributed by atoms with van der Waals surface area (Å²) in [4.78, 5) is 0. The second-order valence-corrected chi connectivity index (χ2v) is 4.47. The van der Waals surface area contributed by atoms with Crippen LogP contribution < -0.4 is 7.85 Å². The second kappa shape index (κ2) is 5.61. The number of anilines is 2. The Bertz CT molecular complexity index is 262. The smallest absolute Gasteiger partial charge is 0.0791 e. The first kappa shape index (κ1) is 11.9. The van der Waals surface area contributed by atoms with Crippen LogP contribution >= 0.6 is 32.3 Å². The molecular formula is C10H13Br2N2. The Morgan fingerprint density at radius 1 is 1.21 bits per heavy atom. The topological polar surface area (TPSA) is 6.48 Å². The number of para-hydroxylation sites is 1. The Balaban J connectivity index is 3.02. The van der Waals surface area contributed by atoms with Gasteiger partial charge in [-0.25, -0.2) is 0 Å². The standard InChI is InChI=1S/C10H13Br2N2/c1-3-13(11)9-7-5-6-8-10(9)14(12)4-2/h5-7H,3-4H2,1-2H3. The molecule has 0 N–H and O–H groups in total. The van der Waals surface area contributed by atoms with E-state index in [0.29, 0.717) is 0 Å². The van der Waals surface area contributed by atoms with Gasteiger partial charge in [-0.2, -0.15) is 0 Å². The van der Waals surface area contributed by atoms with Gasteiger partial charge in [0.05, 0.1) is 11.4 Å². The third-order valence-electron chi connectivity index (χ3n) is 1.87. The molecule has 0 aliphatic carbocycles. The van der Waals surface area contributed by atoms with Gasteiger partial charge in [-0.3, -0.25) is 0 Å². The van der Waals surface area contributed by atoms with Gasteiger partial charge >= 0.3 is 0 Å². The summed E-state index contributed by atoms with van der Waals surface area (Å²) < 4.78 is 4.01.